The van der Waals surface area contributed by atoms with Gasteiger partial charge >= 0.3 is 0 Å². The molecule has 2 aromatic heterocycles. The van der Waals surface area contributed by atoms with E-state index in [0.29, 0.717) is 11.0 Å². The molecular formula is C16H21N3S2. The molecule has 0 aliphatic heterocycles. The van der Waals surface area contributed by atoms with Crippen molar-refractivity contribution in [1.29, 1.82) is 0 Å². The number of aromatic nitrogens is 1. The fraction of sp³-hybridized carbons (Fsp3) is 0.375. The number of rotatable bonds is 5. The molecule has 0 aliphatic carbocycles. The zero-order chi connectivity index (χ0) is 15.6. The Morgan fingerprint density at radius 2 is 2.19 bits per heavy atom. The van der Waals surface area contributed by atoms with Crippen molar-refractivity contribution in [2.24, 2.45) is 5.73 Å². The molecule has 2 aromatic rings. The van der Waals surface area contributed by atoms with Gasteiger partial charge in [-0.05, 0) is 38.3 Å². The van der Waals surface area contributed by atoms with Gasteiger partial charge in [0, 0.05) is 35.8 Å². The second kappa shape index (κ2) is 6.54. The van der Waals surface area contributed by atoms with Crippen LogP contribution in [0.1, 0.15) is 28.8 Å². The SMILES string of the molecule is Cc1cc(N(C)C(C)Cc2cccs2)c(C(N)=S)c(C)n1. The Balaban J connectivity index is 2.33. The third-order valence-corrected chi connectivity index (χ3v) is 4.77. The second-order valence-corrected chi connectivity index (χ2v) is 6.82. The van der Waals surface area contributed by atoms with E-state index in [1.807, 2.05) is 13.8 Å². The number of likely N-dealkylation sites (N-methyl/N-ethyl adjacent to an activating group) is 1. The van der Waals surface area contributed by atoms with E-state index >= 15 is 0 Å². The molecule has 112 valence electrons. The van der Waals surface area contributed by atoms with E-state index in [9.17, 15) is 0 Å². The Labute approximate surface area is 135 Å². The molecule has 0 saturated carbocycles. The van der Waals surface area contributed by atoms with Gasteiger partial charge < -0.3 is 10.6 Å². The first-order valence-corrected chi connectivity index (χ1v) is 8.22. The van der Waals surface area contributed by atoms with Crippen molar-refractivity contribution >= 4 is 34.2 Å². The van der Waals surface area contributed by atoms with Crippen molar-refractivity contribution in [1.82, 2.24) is 4.98 Å². The molecule has 2 N–H and O–H groups in total. The molecule has 0 amide bonds. The molecule has 0 fully saturated rings. The molecule has 5 heteroatoms. The van der Waals surface area contributed by atoms with Gasteiger partial charge in [0.05, 0.1) is 11.3 Å². The normalized spacial score (nSPS) is 12.2. The minimum absolute atomic E-state index is 0.359. The minimum atomic E-state index is 0.359. The Morgan fingerprint density at radius 1 is 1.48 bits per heavy atom. The lowest BCUT2D eigenvalue weighted by molar-refractivity contribution is 0.687. The van der Waals surface area contributed by atoms with E-state index in [-0.39, 0.29) is 0 Å². The van der Waals surface area contributed by atoms with Crippen LogP contribution in [0, 0.1) is 13.8 Å². The van der Waals surface area contributed by atoms with Gasteiger partial charge in [0.2, 0.25) is 0 Å². The van der Waals surface area contributed by atoms with Gasteiger partial charge in [-0.2, -0.15) is 0 Å². The van der Waals surface area contributed by atoms with Crippen LogP contribution in [0.4, 0.5) is 5.69 Å². The molecule has 2 rings (SSSR count). The topological polar surface area (TPSA) is 42.1 Å². The monoisotopic (exact) mass is 319 g/mol. The van der Waals surface area contributed by atoms with E-state index < -0.39 is 0 Å². The highest BCUT2D eigenvalue weighted by atomic mass is 32.1. The van der Waals surface area contributed by atoms with Crippen LogP contribution in [-0.2, 0) is 6.42 Å². The summed E-state index contributed by atoms with van der Waals surface area (Å²) in [6.45, 7) is 6.18. The largest absolute Gasteiger partial charge is 0.389 e. The number of hydrogen-bond donors (Lipinski definition) is 1. The minimum Gasteiger partial charge on any atom is -0.389 e. The van der Waals surface area contributed by atoms with Crippen LogP contribution in [-0.4, -0.2) is 23.1 Å². The van der Waals surface area contributed by atoms with Crippen molar-refractivity contribution in [3.8, 4) is 0 Å². The summed E-state index contributed by atoms with van der Waals surface area (Å²) in [7, 11) is 2.09. The summed E-state index contributed by atoms with van der Waals surface area (Å²) in [5.41, 5.74) is 9.74. The highest BCUT2D eigenvalue weighted by Gasteiger charge is 2.18. The van der Waals surface area contributed by atoms with Gasteiger partial charge in [-0.15, -0.1) is 11.3 Å². The van der Waals surface area contributed by atoms with E-state index in [0.717, 1.165) is 29.1 Å². The van der Waals surface area contributed by atoms with Crippen LogP contribution < -0.4 is 10.6 Å². The quantitative estimate of drug-likeness (QED) is 0.857. The second-order valence-electron chi connectivity index (χ2n) is 5.35. The van der Waals surface area contributed by atoms with Crippen molar-refractivity contribution in [3.63, 3.8) is 0 Å². The summed E-state index contributed by atoms with van der Waals surface area (Å²) in [5.74, 6) is 0. The molecule has 0 aromatic carbocycles. The zero-order valence-electron chi connectivity index (χ0n) is 12.9. The zero-order valence-corrected chi connectivity index (χ0v) is 14.5. The Bertz CT molecular complexity index is 635. The summed E-state index contributed by atoms with van der Waals surface area (Å²) in [6.07, 6.45) is 1.01. The third-order valence-electron chi connectivity index (χ3n) is 3.67. The van der Waals surface area contributed by atoms with Crippen LogP contribution in [0.2, 0.25) is 0 Å². The fourth-order valence-corrected chi connectivity index (χ4v) is 3.56. The molecular weight excluding hydrogens is 298 g/mol. The van der Waals surface area contributed by atoms with Crippen LogP contribution in [0.25, 0.3) is 0 Å². The van der Waals surface area contributed by atoms with Gasteiger partial charge in [-0.25, -0.2) is 0 Å². The molecule has 0 radical (unpaired) electrons. The molecule has 0 spiro atoms. The fourth-order valence-electron chi connectivity index (χ4n) is 2.49. The molecule has 21 heavy (non-hydrogen) atoms. The van der Waals surface area contributed by atoms with E-state index in [2.05, 4.69) is 47.4 Å². The smallest absolute Gasteiger partial charge is 0.107 e. The summed E-state index contributed by atoms with van der Waals surface area (Å²) >= 11 is 7.01. The number of thiophene rings is 1. The lowest BCUT2D eigenvalue weighted by Gasteiger charge is -2.29. The maximum atomic E-state index is 5.91. The number of pyridine rings is 1. The van der Waals surface area contributed by atoms with Gasteiger partial charge in [0.25, 0.3) is 0 Å². The van der Waals surface area contributed by atoms with E-state index in [1.54, 1.807) is 11.3 Å². The molecule has 0 aliphatic rings. The first-order valence-electron chi connectivity index (χ1n) is 6.93. The lowest BCUT2D eigenvalue weighted by atomic mass is 10.1. The standard InChI is InChI=1S/C16H21N3S2/c1-10-8-14(15(16(17)20)12(3)18-10)19(4)11(2)9-13-6-5-7-21-13/h5-8,11H,9H2,1-4H3,(H2,17,20). The maximum Gasteiger partial charge on any atom is 0.107 e. The van der Waals surface area contributed by atoms with Gasteiger partial charge in [-0.3, -0.25) is 4.98 Å². The predicted molar refractivity (Wildman–Crippen MR) is 95.5 cm³/mol. The predicted octanol–water partition coefficient (Wildman–Crippen LogP) is 3.46. The Hall–Kier alpha value is -1.46. The first kappa shape index (κ1) is 15.9. The van der Waals surface area contributed by atoms with Crippen LogP contribution in [0.15, 0.2) is 23.6 Å². The summed E-state index contributed by atoms with van der Waals surface area (Å²) in [6, 6.07) is 6.69. The van der Waals surface area contributed by atoms with E-state index in [4.69, 9.17) is 18.0 Å². The number of aryl methyl sites for hydroxylation is 2. The average Bonchev–Trinajstić information content (AvgIpc) is 2.89. The van der Waals surface area contributed by atoms with Crippen molar-refractivity contribution in [3.05, 3.63) is 45.4 Å². The molecule has 3 nitrogen and oxygen atoms in total. The third kappa shape index (κ3) is 3.60. The number of hydrogen-bond acceptors (Lipinski definition) is 4. The van der Waals surface area contributed by atoms with Crippen molar-refractivity contribution in [2.75, 3.05) is 11.9 Å². The number of nitrogens with zero attached hydrogens (tertiary/aromatic N) is 2. The van der Waals surface area contributed by atoms with Crippen LogP contribution in [0.3, 0.4) is 0 Å². The highest BCUT2D eigenvalue weighted by Crippen LogP contribution is 2.26. The number of anilines is 1. The Morgan fingerprint density at radius 3 is 2.76 bits per heavy atom. The number of nitrogens with two attached hydrogens (primary N) is 1. The maximum absolute atomic E-state index is 5.91. The van der Waals surface area contributed by atoms with Crippen LogP contribution >= 0.6 is 23.6 Å². The molecule has 1 atom stereocenters. The van der Waals surface area contributed by atoms with Gasteiger partial charge in [0.1, 0.15) is 4.99 Å². The summed E-state index contributed by atoms with van der Waals surface area (Å²) in [5, 5.41) is 2.11. The van der Waals surface area contributed by atoms with Gasteiger partial charge in [0.15, 0.2) is 0 Å². The summed E-state index contributed by atoms with van der Waals surface area (Å²) < 4.78 is 0. The molecule has 0 bridgehead atoms. The van der Waals surface area contributed by atoms with Gasteiger partial charge in [-0.1, -0.05) is 18.3 Å². The van der Waals surface area contributed by atoms with Crippen LogP contribution in [0.5, 0.6) is 0 Å². The average molecular weight is 319 g/mol. The molecule has 0 saturated heterocycles. The number of thiocarbonyl (C=S) groups is 1. The van der Waals surface area contributed by atoms with E-state index in [1.165, 1.54) is 4.88 Å². The lowest BCUT2D eigenvalue weighted by Crippen LogP contribution is -2.33. The summed E-state index contributed by atoms with van der Waals surface area (Å²) in [4.78, 5) is 8.52. The van der Waals surface area contributed by atoms with Crippen molar-refractivity contribution < 1.29 is 0 Å². The highest BCUT2D eigenvalue weighted by molar-refractivity contribution is 7.80. The molecule has 1 unspecified atom stereocenters. The first-order chi connectivity index (χ1) is 9.90. The molecule has 2 heterocycles. The Kier molecular flexibility index (Phi) is 4.96. The van der Waals surface area contributed by atoms with Crippen molar-refractivity contribution in [2.45, 2.75) is 33.2 Å².